The van der Waals surface area contributed by atoms with Gasteiger partial charge < -0.3 is 10.0 Å². The van der Waals surface area contributed by atoms with Gasteiger partial charge in [0.2, 0.25) is 0 Å². The molecule has 1 unspecified atom stereocenters. The van der Waals surface area contributed by atoms with E-state index in [1.807, 2.05) is 20.8 Å². The van der Waals surface area contributed by atoms with Gasteiger partial charge in [0.15, 0.2) is 0 Å². The molecule has 1 aliphatic heterocycles. The molecular weight excluding hydrogens is 230 g/mol. The van der Waals surface area contributed by atoms with Gasteiger partial charge in [0.1, 0.15) is 5.92 Å². The molecule has 0 fully saturated rings. The highest BCUT2D eigenvalue weighted by Crippen LogP contribution is 2.40. The van der Waals surface area contributed by atoms with Gasteiger partial charge in [-0.25, -0.2) is 0 Å². The van der Waals surface area contributed by atoms with E-state index in [9.17, 15) is 14.7 Å². The summed E-state index contributed by atoms with van der Waals surface area (Å²) in [5.41, 5.74) is 0.405. The van der Waals surface area contributed by atoms with E-state index in [2.05, 4.69) is 0 Å². The maximum atomic E-state index is 12.4. The minimum absolute atomic E-state index is 0.0874. The van der Waals surface area contributed by atoms with Gasteiger partial charge in [0, 0.05) is 12.1 Å². The Morgan fingerprint density at radius 1 is 1.39 bits per heavy atom. The van der Waals surface area contributed by atoms with E-state index >= 15 is 0 Å². The van der Waals surface area contributed by atoms with Gasteiger partial charge >= 0.3 is 5.97 Å². The topological polar surface area (TPSA) is 57.6 Å². The highest BCUT2D eigenvalue weighted by atomic mass is 16.4. The Bertz CT molecular complexity index is 508. The summed E-state index contributed by atoms with van der Waals surface area (Å²) in [4.78, 5) is 25.6. The van der Waals surface area contributed by atoms with Crippen LogP contribution in [0.1, 0.15) is 42.6 Å². The van der Waals surface area contributed by atoms with E-state index in [-0.39, 0.29) is 5.91 Å². The Hall–Kier alpha value is -1.84. The number of rotatable bonds is 2. The van der Waals surface area contributed by atoms with Gasteiger partial charge in [-0.05, 0) is 32.4 Å². The molecule has 0 bridgehead atoms. The van der Waals surface area contributed by atoms with Gasteiger partial charge in [0.05, 0.1) is 5.54 Å². The Kier molecular flexibility index (Phi) is 2.89. The van der Waals surface area contributed by atoms with Crippen molar-refractivity contribution in [1.82, 2.24) is 4.90 Å². The number of carboxylic acid groups (broad SMARTS) is 1. The van der Waals surface area contributed by atoms with Crippen molar-refractivity contribution < 1.29 is 14.7 Å². The zero-order valence-corrected chi connectivity index (χ0v) is 10.8. The monoisotopic (exact) mass is 247 g/mol. The van der Waals surface area contributed by atoms with Crippen molar-refractivity contribution in [1.29, 1.82) is 0 Å². The van der Waals surface area contributed by atoms with Gasteiger partial charge in [-0.3, -0.25) is 9.59 Å². The zero-order valence-electron chi connectivity index (χ0n) is 10.8. The van der Waals surface area contributed by atoms with Crippen molar-refractivity contribution >= 4 is 11.9 Å². The van der Waals surface area contributed by atoms with Gasteiger partial charge in [-0.15, -0.1) is 0 Å². The molecule has 0 spiro atoms. The molecule has 1 aromatic rings. The van der Waals surface area contributed by atoms with E-state index in [1.165, 1.54) is 0 Å². The molecule has 0 aromatic heterocycles. The second-order valence-electron chi connectivity index (χ2n) is 5.06. The number of carbonyl (C=O) groups is 2. The third-order valence-electron chi connectivity index (χ3n) is 3.71. The number of hydrogen-bond acceptors (Lipinski definition) is 2. The van der Waals surface area contributed by atoms with Crippen LogP contribution in [0.2, 0.25) is 0 Å². The molecule has 0 saturated heterocycles. The molecule has 0 saturated carbocycles. The Morgan fingerprint density at radius 3 is 2.56 bits per heavy atom. The molecule has 1 amide bonds. The molecule has 4 heteroatoms. The maximum absolute atomic E-state index is 12.4. The van der Waals surface area contributed by atoms with E-state index in [4.69, 9.17) is 0 Å². The number of carbonyl (C=O) groups excluding carboxylic acids is 1. The normalized spacial score (nSPS) is 21.6. The summed E-state index contributed by atoms with van der Waals surface area (Å²) in [6, 6.07) is 6.98. The van der Waals surface area contributed by atoms with E-state index in [0.717, 1.165) is 0 Å². The minimum atomic E-state index is -0.890. The SMILES string of the molecule is CCN1C(=O)c2ccccc2C(C(=O)O)C1(C)C. The molecule has 1 aliphatic rings. The van der Waals surface area contributed by atoms with Crippen LogP contribution in [-0.2, 0) is 4.79 Å². The van der Waals surface area contributed by atoms with E-state index in [1.54, 1.807) is 29.2 Å². The zero-order chi connectivity index (χ0) is 13.5. The minimum Gasteiger partial charge on any atom is -0.481 e. The first kappa shape index (κ1) is 12.6. The lowest BCUT2D eigenvalue weighted by atomic mass is 9.75. The fourth-order valence-corrected chi connectivity index (χ4v) is 2.87. The van der Waals surface area contributed by atoms with Crippen molar-refractivity contribution in [3.8, 4) is 0 Å². The number of benzene rings is 1. The smallest absolute Gasteiger partial charge is 0.313 e. The van der Waals surface area contributed by atoms with Crippen LogP contribution in [-0.4, -0.2) is 34.0 Å². The quantitative estimate of drug-likeness (QED) is 0.870. The maximum Gasteiger partial charge on any atom is 0.313 e. The Morgan fingerprint density at radius 2 is 2.00 bits per heavy atom. The first-order valence-electron chi connectivity index (χ1n) is 6.05. The Labute approximate surface area is 106 Å². The summed E-state index contributed by atoms with van der Waals surface area (Å²) in [6.45, 7) is 5.99. The van der Waals surface area contributed by atoms with Crippen molar-refractivity contribution in [2.45, 2.75) is 32.2 Å². The molecule has 1 atom stereocenters. The molecule has 0 radical (unpaired) electrons. The summed E-state index contributed by atoms with van der Waals surface area (Å²) in [5.74, 6) is -1.67. The number of carboxylic acids is 1. The van der Waals surface area contributed by atoms with E-state index in [0.29, 0.717) is 17.7 Å². The summed E-state index contributed by atoms with van der Waals surface area (Å²) >= 11 is 0. The second kappa shape index (κ2) is 4.12. The molecule has 2 rings (SSSR count). The average molecular weight is 247 g/mol. The van der Waals surface area contributed by atoms with Crippen LogP contribution in [0.4, 0.5) is 0 Å². The summed E-state index contributed by atoms with van der Waals surface area (Å²) < 4.78 is 0. The summed E-state index contributed by atoms with van der Waals surface area (Å²) in [7, 11) is 0. The van der Waals surface area contributed by atoms with E-state index < -0.39 is 17.4 Å². The highest BCUT2D eigenvalue weighted by molar-refractivity contribution is 6.00. The van der Waals surface area contributed by atoms with Crippen molar-refractivity contribution in [3.63, 3.8) is 0 Å². The van der Waals surface area contributed by atoms with Crippen LogP contribution >= 0.6 is 0 Å². The summed E-state index contributed by atoms with van der Waals surface area (Å²) in [6.07, 6.45) is 0. The third-order valence-corrected chi connectivity index (χ3v) is 3.71. The van der Waals surface area contributed by atoms with Gasteiger partial charge in [-0.1, -0.05) is 18.2 Å². The first-order chi connectivity index (χ1) is 8.41. The van der Waals surface area contributed by atoms with Crippen molar-refractivity contribution in [2.75, 3.05) is 6.54 Å². The van der Waals surface area contributed by atoms with Crippen LogP contribution in [0, 0.1) is 0 Å². The third kappa shape index (κ3) is 1.60. The fraction of sp³-hybridized carbons (Fsp3) is 0.429. The lowest BCUT2D eigenvalue weighted by Gasteiger charge is -2.46. The lowest BCUT2D eigenvalue weighted by molar-refractivity contribution is -0.142. The van der Waals surface area contributed by atoms with Crippen LogP contribution in [0.25, 0.3) is 0 Å². The molecule has 1 aromatic carbocycles. The number of nitrogens with zero attached hydrogens (tertiary/aromatic N) is 1. The molecular formula is C14H17NO3. The fourth-order valence-electron chi connectivity index (χ4n) is 2.87. The Balaban J connectivity index is 2.68. The van der Waals surface area contributed by atoms with Crippen molar-refractivity contribution in [3.05, 3.63) is 35.4 Å². The standard InChI is InChI=1S/C14H17NO3/c1-4-15-12(16)10-8-6-5-7-9(10)11(13(17)18)14(15,2)3/h5-8,11H,4H2,1-3H3,(H,17,18). The van der Waals surface area contributed by atoms with Gasteiger partial charge in [-0.2, -0.15) is 0 Å². The second-order valence-corrected chi connectivity index (χ2v) is 5.06. The summed E-state index contributed by atoms with van der Waals surface area (Å²) in [5, 5.41) is 9.48. The number of hydrogen-bond donors (Lipinski definition) is 1. The number of aliphatic carboxylic acids is 1. The molecule has 96 valence electrons. The number of amides is 1. The molecule has 4 nitrogen and oxygen atoms in total. The largest absolute Gasteiger partial charge is 0.481 e. The molecule has 1 heterocycles. The average Bonchev–Trinajstić information content (AvgIpc) is 2.28. The van der Waals surface area contributed by atoms with Crippen molar-refractivity contribution in [2.24, 2.45) is 0 Å². The van der Waals surface area contributed by atoms with Crippen LogP contribution < -0.4 is 0 Å². The van der Waals surface area contributed by atoms with Crippen LogP contribution in [0.5, 0.6) is 0 Å². The van der Waals surface area contributed by atoms with Gasteiger partial charge in [0.25, 0.3) is 5.91 Å². The predicted molar refractivity (Wildman–Crippen MR) is 67.6 cm³/mol. The van der Waals surface area contributed by atoms with Crippen LogP contribution in [0.3, 0.4) is 0 Å². The molecule has 0 aliphatic carbocycles. The number of likely N-dealkylation sites (N-methyl/N-ethyl adjacent to an activating group) is 1. The van der Waals surface area contributed by atoms with Crippen LogP contribution in [0.15, 0.2) is 24.3 Å². The number of fused-ring (bicyclic) bond motifs is 1. The highest BCUT2D eigenvalue weighted by Gasteiger charge is 2.48. The lowest BCUT2D eigenvalue weighted by Crippen LogP contribution is -2.56. The molecule has 18 heavy (non-hydrogen) atoms. The first-order valence-corrected chi connectivity index (χ1v) is 6.05. The predicted octanol–water partition coefficient (Wildman–Crippen LogP) is 2.11. The molecule has 1 N–H and O–H groups in total.